The van der Waals surface area contributed by atoms with Gasteiger partial charge >= 0.3 is 0 Å². The van der Waals surface area contributed by atoms with Crippen LogP contribution in [0.4, 0.5) is 0 Å². The predicted molar refractivity (Wildman–Crippen MR) is 60.0 cm³/mol. The molecule has 12 heavy (non-hydrogen) atoms. The van der Waals surface area contributed by atoms with E-state index in [1.807, 2.05) is 0 Å². The lowest BCUT2D eigenvalue weighted by Crippen LogP contribution is -2.34. The van der Waals surface area contributed by atoms with E-state index >= 15 is 0 Å². The average Bonchev–Trinajstić information content (AvgIpc) is 1.96. The Morgan fingerprint density at radius 3 is 2.00 bits per heavy atom. The van der Waals surface area contributed by atoms with Gasteiger partial charge in [0.1, 0.15) is 0 Å². The van der Waals surface area contributed by atoms with Crippen molar-refractivity contribution in [2.75, 3.05) is 18.4 Å². The molecule has 0 bridgehead atoms. The Morgan fingerprint density at radius 1 is 1.08 bits per heavy atom. The van der Waals surface area contributed by atoms with E-state index in [0.29, 0.717) is 6.04 Å². The quantitative estimate of drug-likeness (QED) is 0.640. The highest BCUT2D eigenvalue weighted by atomic mass is 79.9. The fraction of sp³-hybridized carbons (Fsp3) is 1.00. The third-order valence-electron chi connectivity index (χ3n) is 2.10. The summed E-state index contributed by atoms with van der Waals surface area (Å²) in [6.45, 7) is 11.5. The molecular weight excluding hydrogens is 214 g/mol. The second kappa shape index (κ2) is 6.90. The first-order valence-electron chi connectivity index (χ1n) is 4.88. The summed E-state index contributed by atoms with van der Waals surface area (Å²) >= 11 is 3.48. The SMILES string of the molecule is CC(C)CCN(CCBr)C(C)C. The van der Waals surface area contributed by atoms with Crippen molar-refractivity contribution in [2.24, 2.45) is 5.92 Å². The van der Waals surface area contributed by atoms with Gasteiger partial charge in [-0.05, 0) is 32.7 Å². The molecule has 0 aliphatic rings. The molecule has 0 aromatic carbocycles. The van der Waals surface area contributed by atoms with E-state index in [1.165, 1.54) is 19.5 Å². The van der Waals surface area contributed by atoms with Crippen LogP contribution in [0.15, 0.2) is 0 Å². The van der Waals surface area contributed by atoms with Gasteiger partial charge in [-0.2, -0.15) is 0 Å². The first-order chi connectivity index (χ1) is 5.57. The van der Waals surface area contributed by atoms with Gasteiger partial charge in [-0.3, -0.25) is 0 Å². The molecule has 0 N–H and O–H groups in total. The van der Waals surface area contributed by atoms with Crippen LogP contribution in [-0.4, -0.2) is 29.4 Å². The van der Waals surface area contributed by atoms with Crippen LogP contribution in [0.5, 0.6) is 0 Å². The summed E-state index contributed by atoms with van der Waals surface area (Å²) in [5.74, 6) is 0.821. The molecule has 0 saturated carbocycles. The first-order valence-corrected chi connectivity index (χ1v) is 6.00. The molecule has 0 spiro atoms. The molecule has 0 atom stereocenters. The van der Waals surface area contributed by atoms with Gasteiger partial charge in [0, 0.05) is 17.9 Å². The standard InChI is InChI=1S/C10H22BrN/c1-9(2)5-7-12(8-6-11)10(3)4/h9-10H,5-8H2,1-4H3. The van der Waals surface area contributed by atoms with Crippen LogP contribution in [0.3, 0.4) is 0 Å². The van der Waals surface area contributed by atoms with E-state index in [-0.39, 0.29) is 0 Å². The normalized spacial score (nSPS) is 12.0. The monoisotopic (exact) mass is 235 g/mol. The fourth-order valence-corrected chi connectivity index (χ4v) is 1.62. The smallest absolute Gasteiger partial charge is 0.0159 e. The lowest BCUT2D eigenvalue weighted by atomic mass is 10.1. The van der Waals surface area contributed by atoms with Gasteiger partial charge in [-0.25, -0.2) is 0 Å². The molecule has 0 fully saturated rings. The maximum absolute atomic E-state index is 3.48. The molecule has 0 aromatic heterocycles. The van der Waals surface area contributed by atoms with Crippen LogP contribution in [0.25, 0.3) is 0 Å². The van der Waals surface area contributed by atoms with Crippen molar-refractivity contribution in [1.29, 1.82) is 0 Å². The summed E-state index contributed by atoms with van der Waals surface area (Å²) in [5, 5.41) is 1.09. The second-order valence-electron chi connectivity index (χ2n) is 4.00. The summed E-state index contributed by atoms with van der Waals surface area (Å²) in [6.07, 6.45) is 1.31. The van der Waals surface area contributed by atoms with Crippen molar-refractivity contribution in [3.63, 3.8) is 0 Å². The summed E-state index contributed by atoms with van der Waals surface area (Å²) < 4.78 is 0. The molecule has 0 radical (unpaired) electrons. The van der Waals surface area contributed by atoms with E-state index < -0.39 is 0 Å². The fourth-order valence-electron chi connectivity index (χ4n) is 1.16. The van der Waals surface area contributed by atoms with E-state index in [2.05, 4.69) is 48.5 Å². The van der Waals surface area contributed by atoms with Crippen molar-refractivity contribution in [3.8, 4) is 0 Å². The van der Waals surface area contributed by atoms with Crippen LogP contribution >= 0.6 is 15.9 Å². The van der Waals surface area contributed by atoms with E-state index in [9.17, 15) is 0 Å². The Labute approximate surface area is 85.7 Å². The summed E-state index contributed by atoms with van der Waals surface area (Å²) in [5.41, 5.74) is 0. The van der Waals surface area contributed by atoms with Gasteiger partial charge in [0.25, 0.3) is 0 Å². The zero-order valence-corrected chi connectivity index (χ0v) is 10.4. The van der Waals surface area contributed by atoms with Crippen molar-refractivity contribution >= 4 is 15.9 Å². The van der Waals surface area contributed by atoms with Crippen LogP contribution in [0, 0.1) is 5.92 Å². The maximum atomic E-state index is 3.48. The highest BCUT2D eigenvalue weighted by Gasteiger charge is 2.08. The summed E-state index contributed by atoms with van der Waals surface area (Å²) in [7, 11) is 0. The highest BCUT2D eigenvalue weighted by molar-refractivity contribution is 9.09. The predicted octanol–water partition coefficient (Wildman–Crippen LogP) is 3.14. The second-order valence-corrected chi connectivity index (χ2v) is 4.79. The number of hydrogen-bond donors (Lipinski definition) is 0. The summed E-state index contributed by atoms with van der Waals surface area (Å²) in [4.78, 5) is 2.52. The summed E-state index contributed by atoms with van der Waals surface area (Å²) in [6, 6.07) is 0.682. The van der Waals surface area contributed by atoms with Gasteiger partial charge in [-0.1, -0.05) is 29.8 Å². The van der Waals surface area contributed by atoms with Gasteiger partial charge in [-0.15, -0.1) is 0 Å². The molecule has 0 rings (SSSR count). The Morgan fingerprint density at radius 2 is 1.67 bits per heavy atom. The zero-order valence-electron chi connectivity index (χ0n) is 8.81. The molecule has 0 unspecified atom stereocenters. The number of alkyl halides is 1. The largest absolute Gasteiger partial charge is 0.300 e. The number of halogens is 1. The Hall–Kier alpha value is 0.440. The average molecular weight is 236 g/mol. The molecule has 0 aliphatic heterocycles. The lowest BCUT2D eigenvalue weighted by molar-refractivity contribution is 0.223. The lowest BCUT2D eigenvalue weighted by Gasteiger charge is -2.26. The van der Waals surface area contributed by atoms with Crippen molar-refractivity contribution in [2.45, 2.75) is 40.2 Å². The molecule has 74 valence electrons. The topological polar surface area (TPSA) is 3.24 Å². The zero-order chi connectivity index (χ0) is 9.56. The third-order valence-corrected chi connectivity index (χ3v) is 2.45. The molecule has 0 amide bonds. The minimum absolute atomic E-state index is 0.682. The molecule has 0 aromatic rings. The Bertz CT molecular complexity index is 102. The molecule has 0 aliphatic carbocycles. The highest BCUT2D eigenvalue weighted by Crippen LogP contribution is 2.05. The van der Waals surface area contributed by atoms with Crippen LogP contribution in [0.1, 0.15) is 34.1 Å². The molecule has 1 nitrogen and oxygen atoms in total. The van der Waals surface area contributed by atoms with Crippen molar-refractivity contribution < 1.29 is 0 Å². The van der Waals surface area contributed by atoms with Crippen molar-refractivity contribution in [3.05, 3.63) is 0 Å². The molecular formula is C10H22BrN. The molecule has 0 saturated heterocycles. The minimum Gasteiger partial charge on any atom is -0.300 e. The van der Waals surface area contributed by atoms with E-state index in [4.69, 9.17) is 0 Å². The number of hydrogen-bond acceptors (Lipinski definition) is 1. The molecule has 2 heteroatoms. The van der Waals surface area contributed by atoms with Crippen LogP contribution in [-0.2, 0) is 0 Å². The van der Waals surface area contributed by atoms with Crippen molar-refractivity contribution in [1.82, 2.24) is 4.90 Å². The molecule has 0 heterocycles. The number of nitrogens with zero attached hydrogens (tertiary/aromatic N) is 1. The van der Waals surface area contributed by atoms with Gasteiger partial charge in [0.15, 0.2) is 0 Å². The minimum atomic E-state index is 0.682. The van der Waals surface area contributed by atoms with E-state index in [1.54, 1.807) is 0 Å². The Kier molecular flexibility index (Phi) is 7.16. The van der Waals surface area contributed by atoms with Gasteiger partial charge < -0.3 is 4.90 Å². The van der Waals surface area contributed by atoms with Gasteiger partial charge in [0.05, 0.1) is 0 Å². The van der Waals surface area contributed by atoms with Crippen LogP contribution in [0.2, 0.25) is 0 Å². The van der Waals surface area contributed by atoms with Crippen LogP contribution < -0.4 is 0 Å². The first kappa shape index (κ1) is 12.4. The maximum Gasteiger partial charge on any atom is 0.0159 e. The third kappa shape index (κ3) is 6.01. The number of rotatable bonds is 6. The van der Waals surface area contributed by atoms with Gasteiger partial charge in [0.2, 0.25) is 0 Å². The Balaban J connectivity index is 3.63. The van der Waals surface area contributed by atoms with E-state index in [0.717, 1.165) is 11.2 Å².